The molecule has 0 amide bonds. The molecule has 1 aromatic heterocycles. The lowest BCUT2D eigenvalue weighted by molar-refractivity contribution is 0.416. The molecule has 0 aliphatic heterocycles. The first-order valence-corrected chi connectivity index (χ1v) is 18.8. The lowest BCUT2D eigenvalue weighted by Gasteiger charge is -2.16. The van der Waals surface area contributed by atoms with Gasteiger partial charge < -0.3 is 9.30 Å². The number of methoxy groups -OCH3 is 1. The second-order valence-electron chi connectivity index (χ2n) is 13.7. The van der Waals surface area contributed by atoms with E-state index in [4.69, 9.17) is 9.73 Å². The fourth-order valence-electron chi connectivity index (χ4n) is 7.71. The smallest absolute Gasteiger partial charge is 0.154 e. The molecule has 9 rings (SSSR count). The lowest BCUT2D eigenvalue weighted by atomic mass is 9.93. The van der Waals surface area contributed by atoms with Gasteiger partial charge in [0.15, 0.2) is 5.84 Å². The SMILES string of the molecule is C/N=C(\N=C(c1ccccc1)c1ccccc1)c1ccc(-c2ccccc2-c2ccc(-n3c4ccccc4c4ccc(-c5ccccc5)cc43)cc2OC)cc1. The molecule has 0 fully saturated rings. The first kappa shape index (κ1) is 34.5. The summed E-state index contributed by atoms with van der Waals surface area (Å²) in [5.41, 5.74) is 14.0. The zero-order valence-electron chi connectivity index (χ0n) is 31.3. The average molecular weight is 722 g/mol. The fraction of sp³-hybridized carbons (Fsp3) is 0.0385. The monoisotopic (exact) mass is 721 g/mol. The molecule has 0 atom stereocenters. The molecule has 268 valence electrons. The topological polar surface area (TPSA) is 38.9 Å². The number of hydrogen-bond donors (Lipinski definition) is 0. The Morgan fingerprint density at radius 3 is 1.71 bits per heavy atom. The Bertz CT molecular complexity index is 2830. The van der Waals surface area contributed by atoms with Gasteiger partial charge in [-0.05, 0) is 52.1 Å². The number of hydrogen-bond acceptors (Lipinski definition) is 2. The normalized spacial score (nSPS) is 11.5. The molecule has 4 heteroatoms. The third-order valence-corrected chi connectivity index (χ3v) is 10.4. The first-order chi connectivity index (χ1) is 27.7. The summed E-state index contributed by atoms with van der Waals surface area (Å²) in [6, 6.07) is 70.1. The molecule has 0 saturated heterocycles. The maximum atomic E-state index is 6.18. The van der Waals surface area contributed by atoms with Gasteiger partial charge >= 0.3 is 0 Å². The Kier molecular flexibility index (Phi) is 9.36. The van der Waals surface area contributed by atoms with Gasteiger partial charge in [0.05, 0.1) is 23.9 Å². The van der Waals surface area contributed by atoms with Crippen LogP contribution in [0, 0.1) is 0 Å². The van der Waals surface area contributed by atoms with E-state index in [0.29, 0.717) is 5.84 Å². The van der Waals surface area contributed by atoms with E-state index in [1.807, 2.05) is 36.4 Å². The molecule has 4 nitrogen and oxygen atoms in total. The fourth-order valence-corrected chi connectivity index (χ4v) is 7.71. The van der Waals surface area contributed by atoms with Crippen LogP contribution in [-0.4, -0.2) is 30.3 Å². The molecule has 0 N–H and O–H groups in total. The molecule has 9 aromatic rings. The Morgan fingerprint density at radius 2 is 1.04 bits per heavy atom. The van der Waals surface area contributed by atoms with E-state index in [9.17, 15) is 0 Å². The highest BCUT2D eigenvalue weighted by Crippen LogP contribution is 2.41. The van der Waals surface area contributed by atoms with Gasteiger partial charge in [-0.3, -0.25) is 4.99 Å². The Hall–Kier alpha value is -7.30. The van der Waals surface area contributed by atoms with Crippen molar-refractivity contribution in [1.29, 1.82) is 0 Å². The molecule has 8 aromatic carbocycles. The van der Waals surface area contributed by atoms with Crippen molar-refractivity contribution >= 4 is 33.4 Å². The second kappa shape index (κ2) is 15.2. The number of aliphatic imine (C=N–C) groups is 2. The van der Waals surface area contributed by atoms with Crippen molar-refractivity contribution in [3.63, 3.8) is 0 Å². The van der Waals surface area contributed by atoms with Crippen LogP contribution in [0.1, 0.15) is 16.7 Å². The van der Waals surface area contributed by atoms with Gasteiger partial charge in [0.2, 0.25) is 0 Å². The van der Waals surface area contributed by atoms with Crippen LogP contribution in [0.4, 0.5) is 0 Å². The van der Waals surface area contributed by atoms with Gasteiger partial charge in [0, 0.05) is 51.8 Å². The van der Waals surface area contributed by atoms with Crippen molar-refractivity contribution in [2.75, 3.05) is 14.2 Å². The Balaban J connectivity index is 1.09. The number of benzene rings is 8. The minimum Gasteiger partial charge on any atom is -0.496 e. The number of ether oxygens (including phenoxy) is 1. The molecule has 0 saturated carbocycles. The number of fused-ring (bicyclic) bond motifs is 3. The zero-order valence-corrected chi connectivity index (χ0v) is 31.3. The molecule has 0 unspecified atom stereocenters. The Morgan fingerprint density at radius 1 is 0.446 bits per heavy atom. The van der Waals surface area contributed by atoms with Gasteiger partial charge in [-0.2, -0.15) is 0 Å². The van der Waals surface area contributed by atoms with Crippen LogP contribution >= 0.6 is 0 Å². The first-order valence-electron chi connectivity index (χ1n) is 18.8. The summed E-state index contributed by atoms with van der Waals surface area (Å²) in [6.07, 6.45) is 0. The highest BCUT2D eigenvalue weighted by Gasteiger charge is 2.18. The standard InChI is InChI=1S/C52H39N3O/c1-53-52(54-51(38-18-8-4-9-19-38)39-20-10-5-11-21-39)40-28-26-37(27-29-40)43-22-12-13-23-44(43)47-33-31-42(35-50(47)56-2)55-48-25-15-14-24-45(48)46-32-30-41(34-49(46)55)36-16-6-3-7-17-36/h3-35H,1-2H3/b53-52-. The van der Waals surface area contributed by atoms with Gasteiger partial charge in [-0.1, -0.05) is 170 Å². The number of aromatic nitrogens is 1. The summed E-state index contributed by atoms with van der Waals surface area (Å²) in [6.45, 7) is 0. The van der Waals surface area contributed by atoms with Crippen molar-refractivity contribution in [3.05, 3.63) is 217 Å². The number of rotatable bonds is 8. The van der Waals surface area contributed by atoms with Crippen LogP contribution in [0.25, 0.3) is 60.9 Å². The van der Waals surface area contributed by atoms with Crippen LogP contribution in [0.5, 0.6) is 5.75 Å². The minimum absolute atomic E-state index is 0.672. The number of para-hydroxylation sites is 1. The predicted molar refractivity (Wildman–Crippen MR) is 235 cm³/mol. The molecular weight excluding hydrogens is 683 g/mol. The van der Waals surface area contributed by atoms with E-state index in [0.717, 1.165) is 67.1 Å². The molecule has 0 aliphatic carbocycles. The number of nitrogens with zero attached hydrogens (tertiary/aromatic N) is 3. The van der Waals surface area contributed by atoms with Gasteiger partial charge in [-0.25, -0.2) is 4.99 Å². The summed E-state index contributed by atoms with van der Waals surface area (Å²) < 4.78 is 8.53. The maximum absolute atomic E-state index is 6.18. The second-order valence-corrected chi connectivity index (χ2v) is 13.7. The predicted octanol–water partition coefficient (Wildman–Crippen LogP) is 12.7. The van der Waals surface area contributed by atoms with E-state index in [-0.39, 0.29) is 0 Å². The van der Waals surface area contributed by atoms with Crippen molar-refractivity contribution in [3.8, 4) is 44.8 Å². The average Bonchev–Trinajstić information content (AvgIpc) is 3.61. The van der Waals surface area contributed by atoms with Crippen molar-refractivity contribution in [2.24, 2.45) is 9.98 Å². The molecule has 0 aliphatic rings. The summed E-state index contributed by atoms with van der Waals surface area (Å²) in [7, 11) is 3.55. The maximum Gasteiger partial charge on any atom is 0.154 e. The third-order valence-electron chi connectivity index (χ3n) is 10.4. The van der Waals surface area contributed by atoms with Gasteiger partial charge in [0.1, 0.15) is 5.75 Å². The van der Waals surface area contributed by atoms with E-state index < -0.39 is 0 Å². The van der Waals surface area contributed by atoms with E-state index in [2.05, 4.69) is 173 Å². The lowest BCUT2D eigenvalue weighted by Crippen LogP contribution is -2.08. The quantitative estimate of drug-likeness (QED) is 0.114. The molecule has 56 heavy (non-hydrogen) atoms. The molecule has 0 bridgehead atoms. The summed E-state index contributed by atoms with van der Waals surface area (Å²) >= 11 is 0. The van der Waals surface area contributed by atoms with Crippen molar-refractivity contribution in [2.45, 2.75) is 0 Å². The van der Waals surface area contributed by atoms with Crippen LogP contribution in [0.2, 0.25) is 0 Å². The van der Waals surface area contributed by atoms with Crippen molar-refractivity contribution in [1.82, 2.24) is 4.57 Å². The molecule has 0 radical (unpaired) electrons. The van der Waals surface area contributed by atoms with Crippen molar-refractivity contribution < 1.29 is 4.74 Å². The summed E-state index contributed by atoms with van der Waals surface area (Å²) in [5, 5.41) is 2.44. The van der Waals surface area contributed by atoms with E-state index in [1.165, 1.54) is 21.9 Å². The van der Waals surface area contributed by atoms with Crippen LogP contribution in [-0.2, 0) is 0 Å². The zero-order chi connectivity index (χ0) is 37.8. The molecule has 1 heterocycles. The highest BCUT2D eigenvalue weighted by atomic mass is 16.5. The largest absolute Gasteiger partial charge is 0.496 e. The minimum atomic E-state index is 0.672. The van der Waals surface area contributed by atoms with Crippen LogP contribution in [0.3, 0.4) is 0 Å². The third kappa shape index (κ3) is 6.48. The highest BCUT2D eigenvalue weighted by molar-refractivity contribution is 6.19. The molecule has 0 spiro atoms. The Labute approximate surface area is 327 Å². The number of amidine groups is 1. The van der Waals surface area contributed by atoms with E-state index >= 15 is 0 Å². The van der Waals surface area contributed by atoms with Crippen LogP contribution in [0.15, 0.2) is 210 Å². The van der Waals surface area contributed by atoms with Crippen LogP contribution < -0.4 is 4.74 Å². The molecular formula is C52H39N3O. The van der Waals surface area contributed by atoms with E-state index in [1.54, 1.807) is 14.2 Å². The van der Waals surface area contributed by atoms with Gasteiger partial charge in [0.25, 0.3) is 0 Å². The van der Waals surface area contributed by atoms with Gasteiger partial charge in [-0.15, -0.1) is 0 Å². The summed E-state index contributed by atoms with van der Waals surface area (Å²) in [5.74, 6) is 1.48. The summed E-state index contributed by atoms with van der Waals surface area (Å²) in [4.78, 5) is 9.77.